The molecule has 6 heteroatoms. The number of nitrogens with one attached hydrogen (secondary N) is 1. The molecule has 0 bridgehead atoms. The fraction of sp³-hybridized carbons (Fsp3) is 0.375. The summed E-state index contributed by atoms with van der Waals surface area (Å²) in [6.45, 7) is 0.772. The summed E-state index contributed by atoms with van der Waals surface area (Å²) in [4.78, 5) is 16.3. The Morgan fingerprint density at radius 3 is 2.95 bits per heavy atom. The zero-order valence-corrected chi connectivity index (χ0v) is 12.9. The quantitative estimate of drug-likeness (QED) is 0.938. The number of carbonyl (C=O) groups excluding carboxylic acids is 1. The highest BCUT2D eigenvalue weighted by molar-refractivity contribution is 7.99. The van der Waals surface area contributed by atoms with Crippen molar-refractivity contribution in [2.45, 2.75) is 30.3 Å². The second-order valence-corrected chi connectivity index (χ2v) is 6.43. The molecular formula is C16H17FN2O2S. The molecule has 4 nitrogen and oxygen atoms in total. The maximum absolute atomic E-state index is 12.9. The molecule has 0 saturated carbocycles. The van der Waals surface area contributed by atoms with E-state index in [0.29, 0.717) is 11.6 Å². The number of hydrogen-bond donors (Lipinski definition) is 1. The van der Waals surface area contributed by atoms with Crippen LogP contribution in [0.4, 0.5) is 4.39 Å². The number of halogens is 1. The van der Waals surface area contributed by atoms with E-state index in [-0.39, 0.29) is 17.0 Å². The molecule has 1 N–H and O–H groups in total. The van der Waals surface area contributed by atoms with Crippen LogP contribution < -0.4 is 5.32 Å². The SMILES string of the molecule is O=C1NCCCC[C@H]1SCc1coc(-c2ccc(F)cc2)n1. The molecule has 0 spiro atoms. The lowest BCUT2D eigenvalue weighted by molar-refractivity contribution is -0.120. The number of aromatic nitrogens is 1. The Kier molecular flexibility index (Phi) is 4.77. The smallest absolute Gasteiger partial charge is 0.233 e. The minimum Gasteiger partial charge on any atom is -0.444 e. The normalized spacial score (nSPS) is 18.8. The highest BCUT2D eigenvalue weighted by Crippen LogP contribution is 2.25. The van der Waals surface area contributed by atoms with E-state index in [4.69, 9.17) is 4.42 Å². The Morgan fingerprint density at radius 1 is 1.32 bits per heavy atom. The molecule has 1 aliphatic heterocycles. The third-order valence-corrected chi connectivity index (χ3v) is 4.87. The number of hydrogen-bond acceptors (Lipinski definition) is 4. The van der Waals surface area contributed by atoms with E-state index >= 15 is 0 Å². The molecule has 1 atom stereocenters. The standard InChI is InChI=1S/C16H17FN2O2S/c17-12-6-4-11(5-7-12)16-19-13(9-21-16)10-22-14-3-1-2-8-18-15(14)20/h4-7,9,14H,1-3,8,10H2,(H,18,20)/t14-/m1/s1. The Labute approximate surface area is 132 Å². The molecule has 1 aliphatic rings. The van der Waals surface area contributed by atoms with Crippen molar-refractivity contribution in [3.8, 4) is 11.5 Å². The molecule has 3 rings (SSSR count). The number of oxazole rings is 1. The average molecular weight is 320 g/mol. The minimum atomic E-state index is -0.287. The van der Waals surface area contributed by atoms with Crippen LogP contribution in [0.15, 0.2) is 34.9 Å². The first kappa shape index (κ1) is 15.1. The van der Waals surface area contributed by atoms with Gasteiger partial charge in [0, 0.05) is 17.9 Å². The third-order valence-electron chi connectivity index (χ3n) is 3.56. The average Bonchev–Trinajstić information content (AvgIpc) is 2.90. The molecule has 22 heavy (non-hydrogen) atoms. The first-order valence-electron chi connectivity index (χ1n) is 7.32. The van der Waals surface area contributed by atoms with Gasteiger partial charge in [-0.1, -0.05) is 6.42 Å². The Morgan fingerprint density at radius 2 is 2.14 bits per heavy atom. The lowest BCUT2D eigenvalue weighted by Gasteiger charge is -2.11. The van der Waals surface area contributed by atoms with Crippen molar-refractivity contribution in [1.82, 2.24) is 10.3 Å². The van der Waals surface area contributed by atoms with Gasteiger partial charge in [-0.3, -0.25) is 4.79 Å². The second kappa shape index (κ2) is 6.96. The molecule has 0 aliphatic carbocycles. The molecule has 2 heterocycles. The molecule has 1 saturated heterocycles. The van der Waals surface area contributed by atoms with Crippen LogP contribution in [0, 0.1) is 5.82 Å². The number of amides is 1. The molecule has 2 aromatic rings. The molecule has 0 unspecified atom stereocenters. The maximum Gasteiger partial charge on any atom is 0.233 e. The largest absolute Gasteiger partial charge is 0.444 e. The van der Waals surface area contributed by atoms with Crippen LogP contribution in [-0.2, 0) is 10.5 Å². The van der Waals surface area contributed by atoms with Crippen LogP contribution >= 0.6 is 11.8 Å². The van der Waals surface area contributed by atoms with E-state index in [1.807, 2.05) is 0 Å². The lowest BCUT2D eigenvalue weighted by Crippen LogP contribution is -2.30. The number of rotatable bonds is 4. The van der Waals surface area contributed by atoms with E-state index in [1.165, 1.54) is 12.1 Å². The van der Waals surface area contributed by atoms with Crippen molar-refractivity contribution >= 4 is 17.7 Å². The summed E-state index contributed by atoms with van der Waals surface area (Å²) in [6.07, 6.45) is 4.61. The van der Waals surface area contributed by atoms with E-state index in [2.05, 4.69) is 10.3 Å². The van der Waals surface area contributed by atoms with Crippen LogP contribution in [0.3, 0.4) is 0 Å². The fourth-order valence-electron chi connectivity index (χ4n) is 2.35. The Hall–Kier alpha value is -1.82. The molecule has 1 aromatic heterocycles. The summed E-state index contributed by atoms with van der Waals surface area (Å²) in [7, 11) is 0. The van der Waals surface area contributed by atoms with Crippen LogP contribution in [0.2, 0.25) is 0 Å². The van der Waals surface area contributed by atoms with Gasteiger partial charge in [0.25, 0.3) is 0 Å². The van der Waals surface area contributed by atoms with Crippen molar-refractivity contribution in [2.75, 3.05) is 6.54 Å². The van der Waals surface area contributed by atoms with Gasteiger partial charge in [0.15, 0.2) is 0 Å². The van der Waals surface area contributed by atoms with Crippen molar-refractivity contribution in [1.29, 1.82) is 0 Å². The van der Waals surface area contributed by atoms with Gasteiger partial charge in [0.05, 0.1) is 10.9 Å². The second-order valence-electron chi connectivity index (χ2n) is 5.24. The summed E-state index contributed by atoms with van der Waals surface area (Å²) in [5.41, 5.74) is 1.53. The maximum atomic E-state index is 12.9. The predicted molar refractivity (Wildman–Crippen MR) is 83.8 cm³/mol. The third kappa shape index (κ3) is 3.68. The Bertz CT molecular complexity index is 642. The molecule has 0 radical (unpaired) electrons. The first-order chi connectivity index (χ1) is 10.7. The number of nitrogens with zero attached hydrogens (tertiary/aromatic N) is 1. The van der Waals surface area contributed by atoms with Gasteiger partial charge in [0.2, 0.25) is 11.8 Å². The summed E-state index contributed by atoms with van der Waals surface area (Å²) in [5, 5.41) is 2.91. The van der Waals surface area contributed by atoms with Crippen molar-refractivity contribution in [3.05, 3.63) is 42.0 Å². The highest BCUT2D eigenvalue weighted by Gasteiger charge is 2.21. The monoisotopic (exact) mass is 320 g/mol. The molecule has 1 amide bonds. The lowest BCUT2D eigenvalue weighted by atomic mass is 10.2. The first-order valence-corrected chi connectivity index (χ1v) is 8.37. The van der Waals surface area contributed by atoms with Crippen molar-refractivity contribution in [2.24, 2.45) is 0 Å². The molecule has 1 fully saturated rings. The number of thioether (sulfide) groups is 1. The van der Waals surface area contributed by atoms with Crippen LogP contribution in [0.1, 0.15) is 25.0 Å². The predicted octanol–water partition coefficient (Wildman–Crippen LogP) is 3.38. The molecule has 116 valence electrons. The molecular weight excluding hydrogens is 303 g/mol. The van der Waals surface area contributed by atoms with E-state index in [0.717, 1.165) is 37.1 Å². The van der Waals surface area contributed by atoms with Crippen LogP contribution in [0.5, 0.6) is 0 Å². The van der Waals surface area contributed by atoms with Crippen LogP contribution in [0.25, 0.3) is 11.5 Å². The highest BCUT2D eigenvalue weighted by atomic mass is 32.2. The van der Waals surface area contributed by atoms with Gasteiger partial charge in [0.1, 0.15) is 12.1 Å². The molecule has 1 aromatic carbocycles. The Balaban J connectivity index is 1.62. The zero-order valence-electron chi connectivity index (χ0n) is 12.0. The van der Waals surface area contributed by atoms with Crippen LogP contribution in [-0.4, -0.2) is 22.7 Å². The number of carbonyl (C=O) groups is 1. The van der Waals surface area contributed by atoms with Gasteiger partial charge < -0.3 is 9.73 Å². The van der Waals surface area contributed by atoms with E-state index in [9.17, 15) is 9.18 Å². The number of benzene rings is 1. The summed E-state index contributed by atoms with van der Waals surface area (Å²) < 4.78 is 18.3. The van der Waals surface area contributed by atoms with Gasteiger partial charge in [-0.2, -0.15) is 0 Å². The summed E-state index contributed by atoms with van der Waals surface area (Å²) in [6, 6.07) is 6.03. The van der Waals surface area contributed by atoms with Crippen molar-refractivity contribution < 1.29 is 13.6 Å². The summed E-state index contributed by atoms with van der Waals surface area (Å²) >= 11 is 1.59. The van der Waals surface area contributed by atoms with Gasteiger partial charge in [-0.15, -0.1) is 11.8 Å². The zero-order chi connectivity index (χ0) is 15.4. The van der Waals surface area contributed by atoms with Gasteiger partial charge in [-0.25, -0.2) is 9.37 Å². The summed E-state index contributed by atoms with van der Waals surface area (Å²) in [5.74, 6) is 0.930. The van der Waals surface area contributed by atoms with Crippen molar-refractivity contribution in [3.63, 3.8) is 0 Å². The van der Waals surface area contributed by atoms with E-state index in [1.54, 1.807) is 30.2 Å². The minimum absolute atomic E-state index is 0.0199. The van der Waals surface area contributed by atoms with Gasteiger partial charge >= 0.3 is 0 Å². The van der Waals surface area contributed by atoms with E-state index < -0.39 is 0 Å². The fourth-order valence-corrected chi connectivity index (χ4v) is 3.43. The topological polar surface area (TPSA) is 55.1 Å². The van der Waals surface area contributed by atoms with Gasteiger partial charge in [-0.05, 0) is 37.1 Å².